The third kappa shape index (κ3) is 6.22. The molecule has 1 aromatic rings. The molecule has 0 radical (unpaired) electrons. The molecule has 0 aromatic heterocycles. The largest absolute Gasteiger partial charge is 0.504 e. The Morgan fingerprint density at radius 3 is 2.77 bits per heavy atom. The van der Waals surface area contributed by atoms with E-state index in [1.165, 1.54) is 0 Å². The molecule has 0 aliphatic carbocycles. The Kier molecular flexibility index (Phi) is 8.14. The maximum atomic E-state index is 9.58. The topological polar surface area (TPSA) is 75.1 Å². The third-order valence-electron chi connectivity index (χ3n) is 3.06. The first kappa shape index (κ1) is 18.1. The number of methoxy groups -OCH3 is 2. The minimum absolute atomic E-state index is 0.151. The number of nitrogens with one attached hydrogen (secondary N) is 2. The molecule has 0 fully saturated rings. The van der Waals surface area contributed by atoms with E-state index in [-0.39, 0.29) is 11.8 Å². The number of hydrogen-bond donors (Lipinski definition) is 3. The fraction of sp³-hybridized carbons (Fsp3) is 0.562. The Bertz CT molecular complexity index is 478. The first-order valence-electron chi connectivity index (χ1n) is 7.50. The highest BCUT2D eigenvalue weighted by Gasteiger charge is 2.05. The molecule has 0 bridgehead atoms. The van der Waals surface area contributed by atoms with E-state index in [0.717, 1.165) is 24.5 Å². The number of guanidine groups is 1. The number of aromatic hydroxyl groups is 1. The lowest BCUT2D eigenvalue weighted by Crippen LogP contribution is -2.44. The summed E-state index contributed by atoms with van der Waals surface area (Å²) in [7, 11) is 3.22. The molecule has 6 heteroatoms. The van der Waals surface area contributed by atoms with Crippen molar-refractivity contribution in [2.45, 2.75) is 26.3 Å². The van der Waals surface area contributed by atoms with Gasteiger partial charge in [-0.15, -0.1) is 0 Å². The molecule has 0 heterocycles. The van der Waals surface area contributed by atoms with Crippen molar-refractivity contribution < 1.29 is 14.6 Å². The molecule has 0 saturated heterocycles. The molecule has 124 valence electrons. The van der Waals surface area contributed by atoms with Crippen molar-refractivity contribution in [2.24, 2.45) is 4.99 Å². The predicted octanol–water partition coefficient (Wildman–Crippen LogP) is 1.53. The van der Waals surface area contributed by atoms with Gasteiger partial charge >= 0.3 is 0 Å². The first-order chi connectivity index (χ1) is 10.6. The van der Waals surface area contributed by atoms with Crippen LogP contribution in [0, 0.1) is 0 Å². The zero-order valence-corrected chi connectivity index (χ0v) is 13.8. The predicted molar refractivity (Wildman–Crippen MR) is 88.8 cm³/mol. The minimum Gasteiger partial charge on any atom is -0.504 e. The van der Waals surface area contributed by atoms with Crippen LogP contribution in [0.25, 0.3) is 0 Å². The summed E-state index contributed by atoms with van der Waals surface area (Å²) in [6.45, 7) is 6.14. The van der Waals surface area contributed by atoms with Gasteiger partial charge in [-0.1, -0.05) is 6.07 Å². The average Bonchev–Trinajstić information content (AvgIpc) is 2.49. The monoisotopic (exact) mass is 309 g/mol. The highest BCUT2D eigenvalue weighted by atomic mass is 16.5. The summed E-state index contributed by atoms with van der Waals surface area (Å²) in [6, 6.07) is 5.54. The van der Waals surface area contributed by atoms with Crippen molar-refractivity contribution in [1.82, 2.24) is 10.6 Å². The Balaban J connectivity index is 2.59. The summed E-state index contributed by atoms with van der Waals surface area (Å²) >= 11 is 0. The lowest BCUT2D eigenvalue weighted by Gasteiger charge is -2.17. The van der Waals surface area contributed by atoms with Crippen LogP contribution in [-0.4, -0.2) is 51.0 Å². The number of phenols is 1. The SMILES string of the molecule is CCNC(=NCCc1ccc(O)c(OC)c1)NC(C)COC. The van der Waals surface area contributed by atoms with Crippen molar-refractivity contribution in [2.75, 3.05) is 33.9 Å². The van der Waals surface area contributed by atoms with E-state index in [9.17, 15) is 5.11 Å². The van der Waals surface area contributed by atoms with Crippen LogP contribution in [0.2, 0.25) is 0 Å². The van der Waals surface area contributed by atoms with Gasteiger partial charge in [-0.3, -0.25) is 4.99 Å². The van der Waals surface area contributed by atoms with Crippen LogP contribution >= 0.6 is 0 Å². The number of nitrogens with zero attached hydrogens (tertiary/aromatic N) is 1. The van der Waals surface area contributed by atoms with Crippen molar-refractivity contribution in [3.8, 4) is 11.5 Å². The average molecular weight is 309 g/mol. The van der Waals surface area contributed by atoms with E-state index in [2.05, 4.69) is 15.6 Å². The smallest absolute Gasteiger partial charge is 0.191 e. The molecule has 1 unspecified atom stereocenters. The third-order valence-corrected chi connectivity index (χ3v) is 3.06. The fourth-order valence-corrected chi connectivity index (χ4v) is 2.02. The van der Waals surface area contributed by atoms with E-state index >= 15 is 0 Å². The van der Waals surface area contributed by atoms with Crippen LogP contribution in [-0.2, 0) is 11.2 Å². The van der Waals surface area contributed by atoms with Gasteiger partial charge in [-0.25, -0.2) is 0 Å². The molecular weight excluding hydrogens is 282 g/mol. The molecule has 0 spiro atoms. The van der Waals surface area contributed by atoms with Crippen LogP contribution in [0.4, 0.5) is 0 Å². The zero-order valence-electron chi connectivity index (χ0n) is 13.8. The summed E-state index contributed by atoms with van der Waals surface area (Å²) in [5.41, 5.74) is 1.07. The highest BCUT2D eigenvalue weighted by Crippen LogP contribution is 2.26. The maximum absolute atomic E-state index is 9.58. The molecule has 0 amide bonds. The van der Waals surface area contributed by atoms with E-state index in [0.29, 0.717) is 18.9 Å². The van der Waals surface area contributed by atoms with Gasteiger partial charge in [-0.2, -0.15) is 0 Å². The lowest BCUT2D eigenvalue weighted by atomic mass is 10.1. The number of aliphatic imine (C=N–C) groups is 1. The number of phenolic OH excluding ortho intramolecular Hbond substituents is 1. The second-order valence-corrected chi connectivity index (χ2v) is 5.02. The Morgan fingerprint density at radius 2 is 2.14 bits per heavy atom. The number of hydrogen-bond acceptors (Lipinski definition) is 4. The number of benzene rings is 1. The summed E-state index contributed by atoms with van der Waals surface area (Å²) in [5, 5.41) is 16.1. The Hall–Kier alpha value is -1.95. The summed E-state index contributed by atoms with van der Waals surface area (Å²) in [4.78, 5) is 4.54. The normalized spacial score (nSPS) is 12.8. The standard InChI is InChI=1S/C16H27N3O3/c1-5-17-16(19-12(2)11-21-3)18-9-8-13-6-7-14(20)15(10-13)22-4/h6-7,10,12,20H,5,8-9,11H2,1-4H3,(H2,17,18,19). The van der Waals surface area contributed by atoms with Gasteiger partial charge in [0.15, 0.2) is 17.5 Å². The van der Waals surface area contributed by atoms with E-state index < -0.39 is 0 Å². The molecule has 0 saturated carbocycles. The van der Waals surface area contributed by atoms with Gasteiger partial charge in [0.25, 0.3) is 0 Å². The van der Waals surface area contributed by atoms with E-state index in [1.807, 2.05) is 26.0 Å². The van der Waals surface area contributed by atoms with Gasteiger partial charge in [0.1, 0.15) is 0 Å². The van der Waals surface area contributed by atoms with Gasteiger partial charge in [0.05, 0.1) is 13.7 Å². The van der Waals surface area contributed by atoms with E-state index in [1.54, 1.807) is 20.3 Å². The maximum Gasteiger partial charge on any atom is 0.191 e. The fourth-order valence-electron chi connectivity index (χ4n) is 2.02. The summed E-state index contributed by atoms with van der Waals surface area (Å²) in [6.07, 6.45) is 0.770. The molecule has 1 rings (SSSR count). The Morgan fingerprint density at radius 1 is 1.36 bits per heavy atom. The first-order valence-corrected chi connectivity index (χ1v) is 7.50. The van der Waals surface area contributed by atoms with Crippen LogP contribution in [0.1, 0.15) is 19.4 Å². The van der Waals surface area contributed by atoms with Crippen LogP contribution < -0.4 is 15.4 Å². The number of ether oxygens (including phenoxy) is 2. The summed E-state index contributed by atoms with van der Waals surface area (Å²) < 4.78 is 10.2. The molecular formula is C16H27N3O3. The second kappa shape index (κ2) is 9.89. The van der Waals surface area contributed by atoms with Crippen LogP contribution in [0.5, 0.6) is 11.5 Å². The van der Waals surface area contributed by atoms with Gasteiger partial charge in [0, 0.05) is 26.2 Å². The lowest BCUT2D eigenvalue weighted by molar-refractivity contribution is 0.179. The Labute approximate surface area is 132 Å². The van der Waals surface area contributed by atoms with Crippen molar-refractivity contribution >= 4 is 5.96 Å². The molecule has 0 aliphatic heterocycles. The molecule has 6 nitrogen and oxygen atoms in total. The minimum atomic E-state index is 0.151. The quantitative estimate of drug-likeness (QED) is 0.502. The van der Waals surface area contributed by atoms with Crippen molar-refractivity contribution in [3.63, 3.8) is 0 Å². The van der Waals surface area contributed by atoms with Crippen molar-refractivity contribution in [1.29, 1.82) is 0 Å². The van der Waals surface area contributed by atoms with Crippen LogP contribution in [0.3, 0.4) is 0 Å². The molecule has 3 N–H and O–H groups in total. The van der Waals surface area contributed by atoms with E-state index in [4.69, 9.17) is 9.47 Å². The second-order valence-electron chi connectivity index (χ2n) is 5.02. The highest BCUT2D eigenvalue weighted by molar-refractivity contribution is 5.80. The van der Waals surface area contributed by atoms with Gasteiger partial charge in [0.2, 0.25) is 0 Å². The zero-order chi connectivity index (χ0) is 16.4. The molecule has 0 aliphatic rings. The van der Waals surface area contributed by atoms with Crippen LogP contribution in [0.15, 0.2) is 23.2 Å². The summed E-state index contributed by atoms with van der Waals surface area (Å²) in [5.74, 6) is 1.41. The molecule has 1 aromatic carbocycles. The van der Waals surface area contributed by atoms with Crippen molar-refractivity contribution in [3.05, 3.63) is 23.8 Å². The molecule has 1 atom stereocenters. The van der Waals surface area contributed by atoms with Gasteiger partial charge in [-0.05, 0) is 38.0 Å². The number of rotatable bonds is 8. The van der Waals surface area contributed by atoms with Gasteiger partial charge < -0.3 is 25.2 Å². The molecule has 22 heavy (non-hydrogen) atoms.